The Kier molecular flexibility index (Phi) is 7.17. The number of anilines is 1. The Balaban J connectivity index is 1.36. The van der Waals surface area contributed by atoms with Crippen molar-refractivity contribution in [3.63, 3.8) is 0 Å². The number of furan rings is 1. The first-order valence-corrected chi connectivity index (χ1v) is 13.8. The van der Waals surface area contributed by atoms with Crippen molar-refractivity contribution in [3.05, 3.63) is 92.0 Å². The Morgan fingerprint density at radius 1 is 0.943 bits per heavy atom. The van der Waals surface area contributed by atoms with Gasteiger partial charge in [0.05, 0.1) is 15.9 Å². The van der Waals surface area contributed by atoms with Crippen molar-refractivity contribution in [2.45, 2.75) is 0 Å². The van der Waals surface area contributed by atoms with E-state index in [0.717, 1.165) is 39.8 Å². The molecule has 0 aliphatic carbocycles. The summed E-state index contributed by atoms with van der Waals surface area (Å²) < 4.78 is 9.45. The van der Waals surface area contributed by atoms with Gasteiger partial charge >= 0.3 is 0 Å². The molecule has 0 bridgehead atoms. The molecule has 35 heavy (non-hydrogen) atoms. The second-order valence-corrected chi connectivity index (χ2v) is 11.5. The van der Waals surface area contributed by atoms with Crippen LogP contribution in [0.3, 0.4) is 0 Å². The molecule has 174 valence electrons. The van der Waals surface area contributed by atoms with Crippen LogP contribution in [0.15, 0.2) is 90.6 Å². The molecule has 5 aromatic rings. The fraction of sp³-hybridized carbons (Fsp3) is 0. The fourth-order valence-corrected chi connectivity index (χ4v) is 6.17. The van der Waals surface area contributed by atoms with Crippen molar-refractivity contribution >= 4 is 98.3 Å². The summed E-state index contributed by atoms with van der Waals surface area (Å²) in [6, 6.07) is 22.8. The molecule has 0 aliphatic rings. The van der Waals surface area contributed by atoms with Gasteiger partial charge in [-0.1, -0.05) is 56.1 Å². The van der Waals surface area contributed by atoms with Crippen LogP contribution < -0.4 is 10.6 Å². The van der Waals surface area contributed by atoms with Crippen LogP contribution in [-0.4, -0.2) is 16.0 Å². The van der Waals surface area contributed by atoms with Crippen LogP contribution in [0.25, 0.3) is 32.1 Å². The van der Waals surface area contributed by atoms with Gasteiger partial charge in [0.25, 0.3) is 5.91 Å². The van der Waals surface area contributed by atoms with Gasteiger partial charge in [-0.3, -0.25) is 10.1 Å². The molecule has 2 N–H and O–H groups in total. The second-order valence-electron chi connectivity index (χ2n) is 7.38. The SMILES string of the molecule is O=C(NC(=S)Nc1c(Br)cc(Br)cc1-c1nc2ccccc2s1)c1ccc(-c2ccc(Br)cc2)o1. The zero-order chi connectivity index (χ0) is 24.5. The van der Waals surface area contributed by atoms with E-state index in [9.17, 15) is 4.79 Å². The predicted molar refractivity (Wildman–Crippen MR) is 156 cm³/mol. The average molecular weight is 692 g/mol. The molecule has 0 saturated carbocycles. The fourth-order valence-electron chi connectivity index (χ4n) is 3.40. The lowest BCUT2D eigenvalue weighted by Crippen LogP contribution is -2.34. The zero-order valence-electron chi connectivity index (χ0n) is 17.6. The molecule has 0 radical (unpaired) electrons. The first-order valence-electron chi connectivity index (χ1n) is 10.2. The van der Waals surface area contributed by atoms with E-state index in [1.54, 1.807) is 23.5 Å². The Morgan fingerprint density at radius 3 is 2.49 bits per heavy atom. The largest absolute Gasteiger partial charge is 0.451 e. The molecule has 5 rings (SSSR count). The number of amides is 1. The highest BCUT2D eigenvalue weighted by atomic mass is 79.9. The normalized spacial score (nSPS) is 10.9. The number of aromatic nitrogens is 1. The minimum atomic E-state index is -0.444. The lowest BCUT2D eigenvalue weighted by Gasteiger charge is -2.14. The number of carbonyl (C=O) groups excluding carboxylic acids is 1. The maximum Gasteiger partial charge on any atom is 0.293 e. The molecule has 0 spiro atoms. The molecule has 0 saturated heterocycles. The number of thiazole rings is 1. The maximum atomic E-state index is 12.8. The predicted octanol–water partition coefficient (Wildman–Crippen LogP) is 8.64. The number of nitrogens with one attached hydrogen (secondary N) is 2. The van der Waals surface area contributed by atoms with Gasteiger partial charge in [-0.2, -0.15) is 0 Å². The van der Waals surface area contributed by atoms with Crippen LogP contribution in [0.4, 0.5) is 5.69 Å². The van der Waals surface area contributed by atoms with Crippen molar-refractivity contribution in [2.24, 2.45) is 0 Å². The van der Waals surface area contributed by atoms with E-state index >= 15 is 0 Å². The van der Waals surface area contributed by atoms with E-state index < -0.39 is 5.91 Å². The number of nitrogens with zero attached hydrogens (tertiary/aromatic N) is 1. The number of benzene rings is 3. The smallest absolute Gasteiger partial charge is 0.293 e. The van der Waals surface area contributed by atoms with Crippen molar-refractivity contribution in [1.29, 1.82) is 0 Å². The summed E-state index contributed by atoms with van der Waals surface area (Å²) in [5.41, 5.74) is 3.34. The van der Waals surface area contributed by atoms with Gasteiger partial charge < -0.3 is 9.73 Å². The minimum Gasteiger partial charge on any atom is -0.451 e. The number of hydrogen-bond acceptors (Lipinski definition) is 5. The highest BCUT2D eigenvalue weighted by Crippen LogP contribution is 2.40. The van der Waals surface area contributed by atoms with Gasteiger partial charge in [0.2, 0.25) is 0 Å². The zero-order valence-corrected chi connectivity index (χ0v) is 24.0. The molecule has 5 nitrogen and oxygen atoms in total. The third-order valence-corrected chi connectivity index (χ3v) is 7.89. The molecule has 3 aromatic carbocycles. The molecule has 2 heterocycles. The highest BCUT2D eigenvalue weighted by molar-refractivity contribution is 9.11. The Labute approximate surface area is 235 Å². The standard InChI is InChI=1S/C25H14Br3N3O2S2/c26-14-7-5-13(6-8-14)19-9-10-20(33-19)23(32)31-25(34)30-22-16(11-15(27)12-17(22)28)24-29-18-3-1-2-4-21(18)35-24/h1-12H,(H2,30,31,32,34). The summed E-state index contributed by atoms with van der Waals surface area (Å²) in [7, 11) is 0. The summed E-state index contributed by atoms with van der Waals surface area (Å²) in [4.78, 5) is 17.6. The quantitative estimate of drug-likeness (QED) is 0.185. The topological polar surface area (TPSA) is 67.2 Å². The summed E-state index contributed by atoms with van der Waals surface area (Å²) >= 11 is 17.6. The van der Waals surface area contributed by atoms with Crippen LogP contribution in [-0.2, 0) is 0 Å². The van der Waals surface area contributed by atoms with Crippen LogP contribution in [0.5, 0.6) is 0 Å². The number of para-hydroxylation sites is 1. The molecule has 10 heteroatoms. The van der Waals surface area contributed by atoms with Gasteiger partial charge in [0.15, 0.2) is 10.9 Å². The third-order valence-electron chi connectivity index (χ3n) is 5.00. The number of thiocarbonyl (C=S) groups is 1. The number of fused-ring (bicyclic) bond motifs is 1. The third kappa shape index (κ3) is 5.41. The molecule has 0 atom stereocenters. The number of hydrogen-bond donors (Lipinski definition) is 2. The van der Waals surface area contributed by atoms with Crippen LogP contribution in [0, 0.1) is 0 Å². The van der Waals surface area contributed by atoms with E-state index in [1.165, 1.54) is 0 Å². The maximum absolute atomic E-state index is 12.8. The van der Waals surface area contributed by atoms with E-state index in [0.29, 0.717) is 11.4 Å². The Hall–Kier alpha value is -2.37. The van der Waals surface area contributed by atoms with E-state index in [-0.39, 0.29) is 10.9 Å². The van der Waals surface area contributed by atoms with Gasteiger partial charge in [0, 0.05) is 24.5 Å². The summed E-state index contributed by atoms with van der Waals surface area (Å²) in [5.74, 6) is 0.310. The number of halogens is 3. The summed E-state index contributed by atoms with van der Waals surface area (Å²) in [6.45, 7) is 0. The molecule has 2 aromatic heterocycles. The lowest BCUT2D eigenvalue weighted by atomic mass is 10.2. The van der Waals surface area contributed by atoms with Gasteiger partial charge in [0.1, 0.15) is 10.8 Å². The number of rotatable bonds is 4. The van der Waals surface area contributed by atoms with Crippen molar-refractivity contribution in [1.82, 2.24) is 10.3 Å². The monoisotopic (exact) mass is 689 g/mol. The van der Waals surface area contributed by atoms with Crippen LogP contribution in [0.1, 0.15) is 10.6 Å². The van der Waals surface area contributed by atoms with Gasteiger partial charge in [-0.15, -0.1) is 11.3 Å². The molecule has 0 aliphatic heterocycles. The van der Waals surface area contributed by atoms with E-state index in [2.05, 4.69) is 58.4 Å². The van der Waals surface area contributed by atoms with Crippen LogP contribution >= 0.6 is 71.3 Å². The first-order chi connectivity index (χ1) is 16.9. The van der Waals surface area contributed by atoms with Crippen molar-refractivity contribution < 1.29 is 9.21 Å². The number of carbonyl (C=O) groups is 1. The summed E-state index contributed by atoms with van der Waals surface area (Å²) in [6.07, 6.45) is 0. The van der Waals surface area contributed by atoms with Crippen molar-refractivity contribution in [2.75, 3.05) is 5.32 Å². The average Bonchev–Trinajstić information content (AvgIpc) is 3.49. The Bertz CT molecular complexity index is 1550. The minimum absolute atomic E-state index is 0.141. The van der Waals surface area contributed by atoms with Gasteiger partial charge in [-0.05, 0) is 76.7 Å². The molecule has 1 amide bonds. The molecule has 0 fully saturated rings. The van der Waals surface area contributed by atoms with Gasteiger partial charge in [-0.25, -0.2) is 4.98 Å². The molecular weight excluding hydrogens is 678 g/mol. The van der Waals surface area contributed by atoms with E-state index in [4.69, 9.17) is 21.6 Å². The molecular formula is C25H14Br3N3O2S2. The van der Waals surface area contributed by atoms with Crippen molar-refractivity contribution in [3.8, 4) is 21.9 Å². The lowest BCUT2D eigenvalue weighted by molar-refractivity contribution is 0.0951. The highest BCUT2D eigenvalue weighted by Gasteiger charge is 2.18. The van der Waals surface area contributed by atoms with E-state index in [1.807, 2.05) is 60.7 Å². The summed E-state index contributed by atoms with van der Waals surface area (Å²) in [5, 5.41) is 6.81. The van der Waals surface area contributed by atoms with Crippen LogP contribution in [0.2, 0.25) is 0 Å². The molecule has 0 unspecified atom stereocenters. The Morgan fingerprint density at radius 2 is 1.71 bits per heavy atom. The first kappa shape index (κ1) is 24.3. The second kappa shape index (κ2) is 10.3.